The van der Waals surface area contributed by atoms with Crippen LogP contribution in [0.4, 0.5) is 5.88 Å². The van der Waals surface area contributed by atoms with Gasteiger partial charge in [-0.1, -0.05) is 0 Å². The number of nitrogens with zero attached hydrogens (tertiary/aromatic N) is 2. The number of hydrogen-bond donors (Lipinski definition) is 2. The zero-order chi connectivity index (χ0) is 14.9. The number of aromatic hydroxyl groups is 2. The van der Waals surface area contributed by atoms with Crippen LogP contribution in [0.1, 0.15) is 6.92 Å². The molecule has 0 atom stereocenters. The molecule has 7 nitrogen and oxygen atoms in total. The normalized spacial score (nSPS) is 11.5. The summed E-state index contributed by atoms with van der Waals surface area (Å²) in [4.78, 5) is 3.83. The molecule has 2 aromatic heterocycles. The van der Waals surface area contributed by atoms with Gasteiger partial charge in [-0.2, -0.15) is 0 Å². The van der Waals surface area contributed by atoms with Crippen LogP contribution in [0.3, 0.4) is 0 Å². The Balaban J connectivity index is 2.54. The van der Waals surface area contributed by atoms with Crippen molar-refractivity contribution in [2.45, 2.75) is 6.92 Å². The van der Waals surface area contributed by atoms with E-state index in [1.807, 2.05) is 0 Å². The predicted molar refractivity (Wildman–Crippen MR) is 73.1 cm³/mol. The first-order chi connectivity index (χ1) is 9.38. The Morgan fingerprint density at radius 2 is 1.85 bits per heavy atom. The quantitative estimate of drug-likeness (QED) is 0.887. The van der Waals surface area contributed by atoms with E-state index in [4.69, 9.17) is 4.42 Å². The van der Waals surface area contributed by atoms with Gasteiger partial charge < -0.3 is 14.6 Å². The van der Waals surface area contributed by atoms with Gasteiger partial charge in [-0.3, -0.25) is 4.98 Å². The van der Waals surface area contributed by atoms with Crippen LogP contribution in [0.15, 0.2) is 28.9 Å². The van der Waals surface area contributed by atoms with E-state index in [0.29, 0.717) is 5.56 Å². The molecule has 0 fully saturated rings. The minimum atomic E-state index is -3.60. The van der Waals surface area contributed by atoms with Gasteiger partial charge in [0.1, 0.15) is 0 Å². The first kappa shape index (κ1) is 14.2. The Morgan fingerprint density at radius 1 is 1.25 bits per heavy atom. The monoisotopic (exact) mass is 298 g/mol. The lowest BCUT2D eigenvalue weighted by atomic mass is 10.2. The summed E-state index contributed by atoms with van der Waals surface area (Å²) >= 11 is 0. The fraction of sp³-hybridized carbons (Fsp3) is 0.250. The maximum absolute atomic E-state index is 11.8. The zero-order valence-corrected chi connectivity index (χ0v) is 11.8. The second kappa shape index (κ2) is 5.04. The van der Waals surface area contributed by atoms with Gasteiger partial charge in [0.15, 0.2) is 5.76 Å². The van der Waals surface area contributed by atoms with Gasteiger partial charge in [0.25, 0.3) is 5.88 Å². The third-order valence-electron chi connectivity index (χ3n) is 2.85. The Labute approximate surface area is 116 Å². The van der Waals surface area contributed by atoms with E-state index < -0.39 is 21.5 Å². The highest BCUT2D eigenvalue weighted by molar-refractivity contribution is 7.92. The number of rotatable bonds is 4. The summed E-state index contributed by atoms with van der Waals surface area (Å²) in [6.07, 6.45) is 2.97. The smallest absolute Gasteiger partial charge is 0.256 e. The minimum absolute atomic E-state index is 0.0157. The SMILES string of the molecule is CCS(=O)(=O)N(C)c1oc(-c2ccncc2)c(O)c1O. The van der Waals surface area contributed by atoms with E-state index in [0.717, 1.165) is 4.31 Å². The molecule has 0 spiro atoms. The van der Waals surface area contributed by atoms with E-state index in [1.165, 1.54) is 26.4 Å². The number of anilines is 1. The number of pyridine rings is 1. The average molecular weight is 298 g/mol. The van der Waals surface area contributed by atoms with Crippen LogP contribution in [0.25, 0.3) is 11.3 Å². The molecule has 0 saturated carbocycles. The highest BCUT2D eigenvalue weighted by Crippen LogP contribution is 2.46. The van der Waals surface area contributed by atoms with Crippen molar-refractivity contribution in [3.63, 3.8) is 0 Å². The van der Waals surface area contributed by atoms with Gasteiger partial charge in [0.2, 0.25) is 21.5 Å². The van der Waals surface area contributed by atoms with Crippen LogP contribution < -0.4 is 4.31 Å². The first-order valence-corrected chi connectivity index (χ1v) is 7.41. The van der Waals surface area contributed by atoms with Crippen LogP contribution in [-0.4, -0.2) is 36.4 Å². The Morgan fingerprint density at radius 3 is 2.40 bits per heavy atom. The Bertz CT molecular complexity index is 709. The predicted octanol–water partition coefficient (Wildman–Crippen LogP) is 1.54. The maximum atomic E-state index is 11.8. The second-order valence-corrected chi connectivity index (χ2v) is 6.33. The van der Waals surface area contributed by atoms with Crippen LogP contribution in [-0.2, 0) is 10.0 Å². The lowest BCUT2D eigenvalue weighted by Crippen LogP contribution is -2.27. The first-order valence-electron chi connectivity index (χ1n) is 5.80. The van der Waals surface area contributed by atoms with E-state index in [9.17, 15) is 18.6 Å². The van der Waals surface area contributed by atoms with Crippen molar-refractivity contribution in [3.8, 4) is 22.8 Å². The second-order valence-electron chi connectivity index (χ2n) is 4.04. The fourth-order valence-electron chi connectivity index (χ4n) is 1.63. The van der Waals surface area contributed by atoms with Crippen molar-refractivity contribution >= 4 is 15.9 Å². The van der Waals surface area contributed by atoms with Gasteiger partial charge in [0, 0.05) is 25.0 Å². The lowest BCUT2D eigenvalue weighted by Gasteiger charge is -2.14. The van der Waals surface area contributed by atoms with Crippen molar-refractivity contribution in [2.75, 3.05) is 17.1 Å². The molecule has 108 valence electrons. The molecule has 2 heterocycles. The highest BCUT2D eigenvalue weighted by atomic mass is 32.2. The molecule has 0 aliphatic rings. The van der Waals surface area contributed by atoms with Gasteiger partial charge in [-0.15, -0.1) is 0 Å². The standard InChI is InChI=1S/C12H14N2O5S/c1-3-20(17,18)14(2)12-10(16)9(15)11(19-12)8-4-6-13-7-5-8/h4-7,15-16H,3H2,1-2H3. The number of aromatic nitrogens is 1. The third-order valence-corrected chi connectivity index (χ3v) is 4.58. The van der Waals surface area contributed by atoms with E-state index >= 15 is 0 Å². The number of hydrogen-bond acceptors (Lipinski definition) is 6. The van der Waals surface area contributed by atoms with Crippen molar-refractivity contribution in [3.05, 3.63) is 24.5 Å². The Hall–Kier alpha value is -2.22. The van der Waals surface area contributed by atoms with Crippen LogP contribution in [0.2, 0.25) is 0 Å². The summed E-state index contributed by atoms with van der Waals surface area (Å²) in [6.45, 7) is 1.47. The minimum Gasteiger partial charge on any atom is -0.502 e. The van der Waals surface area contributed by atoms with Crippen LogP contribution in [0, 0.1) is 0 Å². The van der Waals surface area contributed by atoms with E-state index in [1.54, 1.807) is 12.1 Å². The lowest BCUT2D eigenvalue weighted by molar-refractivity contribution is 0.409. The van der Waals surface area contributed by atoms with E-state index in [2.05, 4.69) is 4.98 Å². The summed E-state index contributed by atoms with van der Waals surface area (Å²) < 4.78 is 29.6. The molecule has 0 amide bonds. The molecule has 0 aliphatic carbocycles. The molecule has 0 saturated heterocycles. The van der Waals surface area contributed by atoms with Crippen molar-refractivity contribution in [2.24, 2.45) is 0 Å². The van der Waals surface area contributed by atoms with Crippen LogP contribution in [0.5, 0.6) is 11.5 Å². The summed E-state index contributed by atoms with van der Waals surface area (Å²) in [5.74, 6) is -1.62. The molecular weight excluding hydrogens is 284 g/mol. The van der Waals surface area contributed by atoms with E-state index in [-0.39, 0.29) is 17.4 Å². The molecule has 2 N–H and O–H groups in total. The molecule has 0 aliphatic heterocycles. The number of furan rings is 1. The van der Waals surface area contributed by atoms with Gasteiger partial charge in [0.05, 0.1) is 5.75 Å². The molecular formula is C12H14N2O5S. The summed E-state index contributed by atoms with van der Waals surface area (Å²) in [5.41, 5.74) is 0.473. The molecule has 2 aromatic rings. The summed E-state index contributed by atoms with van der Waals surface area (Å²) in [7, 11) is -2.36. The third kappa shape index (κ3) is 2.29. The van der Waals surface area contributed by atoms with Gasteiger partial charge >= 0.3 is 0 Å². The van der Waals surface area contributed by atoms with Crippen molar-refractivity contribution in [1.29, 1.82) is 0 Å². The summed E-state index contributed by atoms with van der Waals surface area (Å²) in [5, 5.41) is 19.7. The molecule has 2 rings (SSSR count). The maximum Gasteiger partial charge on any atom is 0.256 e. The molecule has 0 bridgehead atoms. The summed E-state index contributed by atoms with van der Waals surface area (Å²) in [6, 6.07) is 3.13. The average Bonchev–Trinajstić information content (AvgIpc) is 2.75. The molecule has 0 radical (unpaired) electrons. The Kier molecular flexibility index (Phi) is 3.58. The molecule has 20 heavy (non-hydrogen) atoms. The molecule has 0 unspecified atom stereocenters. The highest BCUT2D eigenvalue weighted by Gasteiger charge is 2.28. The fourth-order valence-corrected chi connectivity index (χ4v) is 2.40. The van der Waals surface area contributed by atoms with Gasteiger partial charge in [-0.25, -0.2) is 12.7 Å². The van der Waals surface area contributed by atoms with Crippen LogP contribution >= 0.6 is 0 Å². The molecule has 0 aromatic carbocycles. The zero-order valence-electron chi connectivity index (χ0n) is 10.9. The van der Waals surface area contributed by atoms with Crippen molar-refractivity contribution in [1.82, 2.24) is 4.98 Å². The number of sulfonamides is 1. The topological polar surface area (TPSA) is 104 Å². The van der Waals surface area contributed by atoms with Gasteiger partial charge in [-0.05, 0) is 19.1 Å². The van der Waals surface area contributed by atoms with Crippen molar-refractivity contribution < 1.29 is 23.0 Å². The largest absolute Gasteiger partial charge is 0.502 e. The molecule has 8 heteroatoms.